The molecular formula is C21H20BrN3O3. The first kappa shape index (κ1) is 19.7. The molecule has 1 aromatic heterocycles. The van der Waals surface area contributed by atoms with Gasteiger partial charge in [0.2, 0.25) is 0 Å². The van der Waals surface area contributed by atoms with Crippen molar-refractivity contribution in [2.24, 2.45) is 5.10 Å². The SMILES string of the molecule is COc1ccc(-n2c(C)ccc2/C=N\NC(=O)COc2cccc(Br)c2)cc1. The molecule has 3 aromatic rings. The number of aryl methyl sites for hydroxylation is 1. The Morgan fingerprint density at radius 3 is 2.64 bits per heavy atom. The third kappa shape index (κ3) is 5.01. The van der Waals surface area contributed by atoms with E-state index in [1.54, 1.807) is 25.5 Å². The van der Waals surface area contributed by atoms with Gasteiger partial charge in [-0.15, -0.1) is 0 Å². The fraction of sp³-hybridized carbons (Fsp3) is 0.143. The second-order valence-corrected chi connectivity index (χ2v) is 6.89. The molecule has 1 amide bonds. The first-order valence-corrected chi connectivity index (χ1v) is 9.39. The highest BCUT2D eigenvalue weighted by atomic mass is 79.9. The van der Waals surface area contributed by atoms with Crippen LogP contribution in [0.3, 0.4) is 0 Å². The van der Waals surface area contributed by atoms with Crippen LogP contribution in [0.15, 0.2) is 70.2 Å². The van der Waals surface area contributed by atoms with E-state index in [4.69, 9.17) is 9.47 Å². The minimum atomic E-state index is -0.337. The molecule has 0 aliphatic rings. The molecule has 1 heterocycles. The van der Waals surface area contributed by atoms with Crippen LogP contribution in [-0.2, 0) is 4.79 Å². The van der Waals surface area contributed by atoms with Crippen molar-refractivity contribution in [2.45, 2.75) is 6.92 Å². The van der Waals surface area contributed by atoms with Crippen LogP contribution in [0.4, 0.5) is 0 Å². The third-order valence-electron chi connectivity index (χ3n) is 3.99. The van der Waals surface area contributed by atoms with E-state index in [0.29, 0.717) is 5.75 Å². The molecule has 0 aliphatic carbocycles. The fourth-order valence-corrected chi connectivity index (χ4v) is 3.03. The number of hydrazone groups is 1. The molecule has 0 fully saturated rings. The molecule has 0 saturated carbocycles. The number of nitrogens with zero attached hydrogens (tertiary/aromatic N) is 2. The highest BCUT2D eigenvalue weighted by Crippen LogP contribution is 2.19. The lowest BCUT2D eigenvalue weighted by molar-refractivity contribution is -0.123. The topological polar surface area (TPSA) is 64.8 Å². The van der Waals surface area contributed by atoms with Gasteiger partial charge in [0.15, 0.2) is 6.61 Å². The average molecular weight is 442 g/mol. The van der Waals surface area contributed by atoms with Crippen molar-refractivity contribution in [3.05, 3.63) is 76.5 Å². The highest BCUT2D eigenvalue weighted by Gasteiger charge is 2.07. The predicted octanol–water partition coefficient (Wildman–Crippen LogP) is 4.09. The summed E-state index contributed by atoms with van der Waals surface area (Å²) in [5.74, 6) is 1.06. The van der Waals surface area contributed by atoms with E-state index in [0.717, 1.165) is 27.3 Å². The summed E-state index contributed by atoms with van der Waals surface area (Å²) in [5, 5.41) is 4.05. The zero-order valence-corrected chi connectivity index (χ0v) is 17.1. The number of hydrogen-bond donors (Lipinski definition) is 1. The number of methoxy groups -OCH3 is 1. The lowest BCUT2D eigenvalue weighted by atomic mass is 10.3. The van der Waals surface area contributed by atoms with Gasteiger partial charge in [0.1, 0.15) is 11.5 Å². The Hall–Kier alpha value is -3.06. The fourth-order valence-electron chi connectivity index (χ4n) is 2.65. The maximum atomic E-state index is 11.9. The molecule has 0 atom stereocenters. The van der Waals surface area contributed by atoms with Crippen molar-refractivity contribution >= 4 is 28.1 Å². The molecule has 0 saturated heterocycles. The molecule has 28 heavy (non-hydrogen) atoms. The third-order valence-corrected chi connectivity index (χ3v) is 4.48. The number of rotatable bonds is 7. The predicted molar refractivity (Wildman–Crippen MR) is 112 cm³/mol. The Kier molecular flexibility index (Phi) is 6.49. The number of carbonyl (C=O) groups excluding carboxylic acids is 1. The zero-order chi connectivity index (χ0) is 19.9. The van der Waals surface area contributed by atoms with Crippen LogP contribution in [-0.4, -0.2) is 30.4 Å². The largest absolute Gasteiger partial charge is 0.497 e. The lowest BCUT2D eigenvalue weighted by Crippen LogP contribution is -2.24. The van der Waals surface area contributed by atoms with Crippen LogP contribution < -0.4 is 14.9 Å². The second-order valence-electron chi connectivity index (χ2n) is 5.97. The molecule has 0 spiro atoms. The van der Waals surface area contributed by atoms with Crippen molar-refractivity contribution in [3.63, 3.8) is 0 Å². The summed E-state index contributed by atoms with van der Waals surface area (Å²) in [6.45, 7) is 1.89. The summed E-state index contributed by atoms with van der Waals surface area (Å²) in [7, 11) is 1.64. The van der Waals surface area contributed by atoms with Gasteiger partial charge in [0.05, 0.1) is 19.0 Å². The van der Waals surface area contributed by atoms with Crippen LogP contribution in [0, 0.1) is 6.92 Å². The van der Waals surface area contributed by atoms with E-state index >= 15 is 0 Å². The molecule has 144 valence electrons. The Morgan fingerprint density at radius 1 is 1.14 bits per heavy atom. The van der Waals surface area contributed by atoms with Crippen molar-refractivity contribution in [3.8, 4) is 17.2 Å². The summed E-state index contributed by atoms with van der Waals surface area (Å²) in [5.41, 5.74) is 5.36. The maximum absolute atomic E-state index is 11.9. The van der Waals surface area contributed by atoms with Gasteiger partial charge in [-0.1, -0.05) is 22.0 Å². The van der Waals surface area contributed by atoms with Crippen molar-refractivity contribution in [1.29, 1.82) is 0 Å². The Morgan fingerprint density at radius 2 is 1.93 bits per heavy atom. The van der Waals surface area contributed by atoms with E-state index in [2.05, 4.69) is 26.5 Å². The van der Waals surface area contributed by atoms with Crippen LogP contribution in [0.25, 0.3) is 5.69 Å². The standard InChI is InChI=1S/C21H20BrN3O3/c1-15-6-7-18(25(15)17-8-10-19(27-2)11-9-17)13-23-24-21(26)14-28-20-5-3-4-16(22)12-20/h3-13H,14H2,1-2H3,(H,24,26)/b23-13-. The lowest BCUT2D eigenvalue weighted by Gasteiger charge is -2.10. The second kappa shape index (κ2) is 9.23. The smallest absolute Gasteiger partial charge is 0.277 e. The van der Waals surface area contributed by atoms with E-state index in [1.807, 2.05) is 60.0 Å². The number of nitrogens with one attached hydrogen (secondary N) is 1. The molecule has 1 N–H and O–H groups in total. The number of ether oxygens (including phenoxy) is 2. The molecule has 0 unspecified atom stereocenters. The van der Waals surface area contributed by atoms with Gasteiger partial charge in [-0.3, -0.25) is 4.79 Å². The van der Waals surface area contributed by atoms with Crippen LogP contribution >= 0.6 is 15.9 Å². The maximum Gasteiger partial charge on any atom is 0.277 e. The molecule has 0 radical (unpaired) electrons. The van der Waals surface area contributed by atoms with Gasteiger partial charge >= 0.3 is 0 Å². The Balaban J connectivity index is 1.62. The van der Waals surface area contributed by atoms with E-state index in [1.165, 1.54) is 0 Å². The van der Waals surface area contributed by atoms with Crippen LogP contribution in [0.2, 0.25) is 0 Å². The number of aromatic nitrogens is 1. The molecule has 0 bridgehead atoms. The quantitative estimate of drug-likeness (QED) is 0.443. The molecule has 0 aliphatic heterocycles. The van der Waals surface area contributed by atoms with Gasteiger partial charge in [-0.05, 0) is 61.5 Å². The number of halogens is 1. The van der Waals surface area contributed by atoms with Gasteiger partial charge in [0.25, 0.3) is 5.91 Å². The minimum absolute atomic E-state index is 0.119. The van der Waals surface area contributed by atoms with E-state index in [9.17, 15) is 4.79 Å². The van der Waals surface area contributed by atoms with Gasteiger partial charge in [-0.2, -0.15) is 5.10 Å². The summed E-state index contributed by atoms with van der Waals surface area (Å²) in [6, 6.07) is 19.0. The summed E-state index contributed by atoms with van der Waals surface area (Å²) >= 11 is 3.36. The Labute approximate surface area is 171 Å². The number of carbonyl (C=O) groups is 1. The van der Waals surface area contributed by atoms with Crippen molar-refractivity contribution in [1.82, 2.24) is 9.99 Å². The van der Waals surface area contributed by atoms with Gasteiger partial charge < -0.3 is 14.0 Å². The molecular weight excluding hydrogens is 422 g/mol. The molecule has 2 aromatic carbocycles. The molecule has 3 rings (SSSR count). The van der Waals surface area contributed by atoms with Crippen LogP contribution in [0.1, 0.15) is 11.4 Å². The first-order valence-electron chi connectivity index (χ1n) is 8.60. The molecule has 7 heteroatoms. The van der Waals surface area contributed by atoms with Gasteiger partial charge in [0, 0.05) is 15.9 Å². The highest BCUT2D eigenvalue weighted by molar-refractivity contribution is 9.10. The van der Waals surface area contributed by atoms with E-state index < -0.39 is 0 Å². The van der Waals surface area contributed by atoms with Crippen LogP contribution in [0.5, 0.6) is 11.5 Å². The average Bonchev–Trinajstić information content (AvgIpc) is 3.07. The van der Waals surface area contributed by atoms with Crippen molar-refractivity contribution in [2.75, 3.05) is 13.7 Å². The normalized spacial score (nSPS) is 10.8. The summed E-state index contributed by atoms with van der Waals surface area (Å²) < 4.78 is 13.6. The van der Waals surface area contributed by atoms with Crippen molar-refractivity contribution < 1.29 is 14.3 Å². The minimum Gasteiger partial charge on any atom is -0.497 e. The monoisotopic (exact) mass is 441 g/mol. The number of benzene rings is 2. The first-order chi connectivity index (χ1) is 13.6. The zero-order valence-electron chi connectivity index (χ0n) is 15.6. The summed E-state index contributed by atoms with van der Waals surface area (Å²) in [4.78, 5) is 11.9. The van der Waals surface area contributed by atoms with Gasteiger partial charge in [-0.25, -0.2) is 5.43 Å². The van der Waals surface area contributed by atoms with E-state index in [-0.39, 0.29) is 12.5 Å². The molecule has 6 nitrogen and oxygen atoms in total. The Bertz CT molecular complexity index is 981. The number of amides is 1. The summed E-state index contributed by atoms with van der Waals surface area (Å²) in [6.07, 6.45) is 1.61. The number of hydrogen-bond acceptors (Lipinski definition) is 4.